The van der Waals surface area contributed by atoms with Gasteiger partial charge < -0.3 is 10.1 Å². The molecule has 0 aliphatic carbocycles. The van der Waals surface area contributed by atoms with E-state index in [9.17, 15) is 10.1 Å². The van der Waals surface area contributed by atoms with E-state index in [4.69, 9.17) is 4.74 Å². The van der Waals surface area contributed by atoms with Crippen LogP contribution < -0.4 is 10.1 Å². The molecule has 1 heterocycles. The van der Waals surface area contributed by atoms with E-state index in [1.54, 1.807) is 25.3 Å². The lowest BCUT2D eigenvalue weighted by Crippen LogP contribution is -2.36. The molecule has 1 saturated heterocycles. The van der Waals surface area contributed by atoms with Gasteiger partial charge >= 0.3 is 0 Å². The summed E-state index contributed by atoms with van der Waals surface area (Å²) in [7, 11) is 1.66. The molecule has 1 N–H and O–H groups in total. The predicted molar refractivity (Wildman–Crippen MR) is 106 cm³/mol. The first-order valence-corrected chi connectivity index (χ1v) is 9.38. The standard InChI is InChI=1S/C22H25N3O2/c1-27-19-12-10-17(11-13-19)21-9-3-2-6-14-25(21)16-22(26)24-20-8-5-4-7-18(20)15-23/h4-5,7-8,10-13,21H,2-3,6,9,14,16H2,1H3,(H,24,26)/t21-/m1/s1. The number of nitrogens with zero attached hydrogens (tertiary/aromatic N) is 2. The molecule has 1 aliphatic rings. The van der Waals surface area contributed by atoms with Crippen molar-refractivity contribution >= 4 is 11.6 Å². The van der Waals surface area contributed by atoms with Gasteiger partial charge in [-0.3, -0.25) is 9.69 Å². The van der Waals surface area contributed by atoms with E-state index in [0.717, 1.165) is 31.6 Å². The van der Waals surface area contributed by atoms with Gasteiger partial charge in [0.05, 0.1) is 24.9 Å². The number of benzene rings is 2. The van der Waals surface area contributed by atoms with Gasteiger partial charge in [-0.05, 0) is 49.2 Å². The highest BCUT2D eigenvalue weighted by Crippen LogP contribution is 2.31. The largest absolute Gasteiger partial charge is 0.497 e. The Kier molecular flexibility index (Phi) is 6.45. The number of methoxy groups -OCH3 is 1. The monoisotopic (exact) mass is 363 g/mol. The number of anilines is 1. The molecule has 5 nitrogen and oxygen atoms in total. The molecule has 1 fully saturated rings. The molecule has 1 aliphatic heterocycles. The summed E-state index contributed by atoms with van der Waals surface area (Å²) in [5.74, 6) is 0.753. The van der Waals surface area contributed by atoms with Gasteiger partial charge in [-0.1, -0.05) is 37.1 Å². The average molecular weight is 363 g/mol. The second kappa shape index (κ2) is 9.20. The van der Waals surface area contributed by atoms with Gasteiger partial charge in [-0.2, -0.15) is 5.26 Å². The molecular formula is C22H25N3O2. The molecule has 1 atom stereocenters. The molecule has 2 aromatic rings. The molecular weight excluding hydrogens is 338 g/mol. The van der Waals surface area contributed by atoms with Crippen molar-refractivity contribution in [2.24, 2.45) is 0 Å². The minimum atomic E-state index is -0.0851. The smallest absolute Gasteiger partial charge is 0.238 e. The van der Waals surface area contributed by atoms with Crippen molar-refractivity contribution < 1.29 is 9.53 Å². The molecule has 1 amide bonds. The number of rotatable bonds is 5. The maximum atomic E-state index is 12.7. The van der Waals surface area contributed by atoms with Crippen molar-refractivity contribution in [1.29, 1.82) is 5.26 Å². The maximum absolute atomic E-state index is 12.7. The molecule has 3 rings (SSSR count). The molecule has 0 aromatic heterocycles. The van der Waals surface area contributed by atoms with E-state index in [1.165, 1.54) is 12.0 Å². The van der Waals surface area contributed by atoms with Crippen molar-refractivity contribution in [2.45, 2.75) is 31.7 Å². The third-order valence-electron chi connectivity index (χ3n) is 5.03. The van der Waals surface area contributed by atoms with Gasteiger partial charge in [0.1, 0.15) is 11.8 Å². The summed E-state index contributed by atoms with van der Waals surface area (Å²) in [4.78, 5) is 14.9. The number of hydrogen-bond donors (Lipinski definition) is 1. The lowest BCUT2D eigenvalue weighted by Gasteiger charge is -2.30. The number of nitrogens with one attached hydrogen (secondary N) is 1. The molecule has 0 saturated carbocycles. The van der Waals surface area contributed by atoms with Crippen molar-refractivity contribution in [3.63, 3.8) is 0 Å². The van der Waals surface area contributed by atoms with Gasteiger partial charge in [0.15, 0.2) is 0 Å². The Labute approximate surface area is 160 Å². The number of carbonyl (C=O) groups excluding carboxylic acids is 1. The summed E-state index contributed by atoms with van der Waals surface area (Å²) < 4.78 is 5.26. The molecule has 0 bridgehead atoms. The van der Waals surface area contributed by atoms with E-state index in [0.29, 0.717) is 17.8 Å². The summed E-state index contributed by atoms with van der Waals surface area (Å²) in [6.07, 6.45) is 4.47. The number of likely N-dealkylation sites (tertiary alicyclic amines) is 1. The Morgan fingerprint density at radius 2 is 1.96 bits per heavy atom. The van der Waals surface area contributed by atoms with Crippen LogP contribution in [0, 0.1) is 11.3 Å². The minimum Gasteiger partial charge on any atom is -0.497 e. The van der Waals surface area contributed by atoms with Gasteiger partial charge in [0.25, 0.3) is 0 Å². The number of nitriles is 1. The topological polar surface area (TPSA) is 65.4 Å². The Morgan fingerprint density at radius 3 is 2.70 bits per heavy atom. The van der Waals surface area contributed by atoms with Crippen LogP contribution in [0.5, 0.6) is 5.75 Å². The van der Waals surface area contributed by atoms with E-state index in [2.05, 4.69) is 28.4 Å². The first kappa shape index (κ1) is 18.9. The van der Waals surface area contributed by atoms with Gasteiger partial charge in [-0.25, -0.2) is 0 Å². The molecule has 27 heavy (non-hydrogen) atoms. The SMILES string of the molecule is COc1ccc([C@H]2CCCCCN2CC(=O)Nc2ccccc2C#N)cc1. The quantitative estimate of drug-likeness (QED) is 0.868. The maximum Gasteiger partial charge on any atom is 0.238 e. The molecule has 0 spiro atoms. The van der Waals surface area contributed by atoms with Crippen molar-refractivity contribution in [3.05, 3.63) is 59.7 Å². The van der Waals surface area contributed by atoms with E-state index in [-0.39, 0.29) is 11.9 Å². The summed E-state index contributed by atoms with van der Waals surface area (Å²) in [5, 5.41) is 12.1. The van der Waals surface area contributed by atoms with Gasteiger partial charge in [0.2, 0.25) is 5.91 Å². The van der Waals surface area contributed by atoms with Crippen LogP contribution >= 0.6 is 0 Å². The summed E-state index contributed by atoms with van der Waals surface area (Å²) >= 11 is 0. The average Bonchev–Trinajstić information content (AvgIpc) is 2.94. The summed E-state index contributed by atoms with van der Waals surface area (Å²) in [6.45, 7) is 1.21. The minimum absolute atomic E-state index is 0.0851. The van der Waals surface area contributed by atoms with Crippen molar-refractivity contribution in [1.82, 2.24) is 4.90 Å². The van der Waals surface area contributed by atoms with Crippen LogP contribution in [-0.2, 0) is 4.79 Å². The molecule has 2 aromatic carbocycles. The highest BCUT2D eigenvalue weighted by Gasteiger charge is 2.24. The highest BCUT2D eigenvalue weighted by atomic mass is 16.5. The lowest BCUT2D eigenvalue weighted by molar-refractivity contribution is -0.117. The lowest BCUT2D eigenvalue weighted by atomic mass is 10.0. The molecule has 0 radical (unpaired) electrons. The zero-order valence-corrected chi connectivity index (χ0v) is 15.6. The summed E-state index contributed by atoms with van der Waals surface area (Å²) in [6, 6.07) is 17.6. The first-order chi connectivity index (χ1) is 13.2. The Bertz CT molecular complexity index is 811. The third-order valence-corrected chi connectivity index (χ3v) is 5.03. The second-order valence-electron chi connectivity index (χ2n) is 6.81. The van der Waals surface area contributed by atoms with Crippen molar-refractivity contribution in [2.75, 3.05) is 25.5 Å². The molecule has 5 heteroatoms. The Morgan fingerprint density at radius 1 is 1.19 bits per heavy atom. The highest BCUT2D eigenvalue weighted by molar-refractivity contribution is 5.93. The summed E-state index contributed by atoms with van der Waals surface area (Å²) in [5.41, 5.74) is 2.26. The Hall–Kier alpha value is -2.84. The third kappa shape index (κ3) is 4.87. The number of amides is 1. The molecule has 0 unspecified atom stereocenters. The Balaban J connectivity index is 1.73. The first-order valence-electron chi connectivity index (χ1n) is 9.38. The number of para-hydroxylation sites is 1. The second-order valence-corrected chi connectivity index (χ2v) is 6.81. The van der Waals surface area contributed by atoms with Gasteiger partial charge in [0, 0.05) is 6.04 Å². The number of carbonyl (C=O) groups is 1. The van der Waals surface area contributed by atoms with Gasteiger partial charge in [-0.15, -0.1) is 0 Å². The van der Waals surface area contributed by atoms with Crippen LogP contribution in [0.15, 0.2) is 48.5 Å². The van der Waals surface area contributed by atoms with Crippen LogP contribution in [0.2, 0.25) is 0 Å². The zero-order valence-electron chi connectivity index (χ0n) is 15.6. The number of ether oxygens (including phenoxy) is 1. The van der Waals surface area contributed by atoms with Crippen LogP contribution in [0.1, 0.15) is 42.9 Å². The van der Waals surface area contributed by atoms with E-state index < -0.39 is 0 Å². The molecule has 140 valence electrons. The predicted octanol–water partition coefficient (Wildman–Crippen LogP) is 4.12. The normalized spacial score (nSPS) is 17.6. The van der Waals surface area contributed by atoms with Crippen LogP contribution in [-0.4, -0.2) is 31.0 Å². The van der Waals surface area contributed by atoms with Crippen LogP contribution in [0.25, 0.3) is 0 Å². The van der Waals surface area contributed by atoms with E-state index in [1.807, 2.05) is 18.2 Å². The zero-order chi connectivity index (χ0) is 19.1. The van der Waals surface area contributed by atoms with E-state index >= 15 is 0 Å². The van der Waals surface area contributed by atoms with Crippen LogP contribution in [0.4, 0.5) is 5.69 Å². The fraction of sp³-hybridized carbons (Fsp3) is 0.364. The van der Waals surface area contributed by atoms with Crippen molar-refractivity contribution in [3.8, 4) is 11.8 Å². The van der Waals surface area contributed by atoms with Crippen LogP contribution in [0.3, 0.4) is 0 Å². The number of hydrogen-bond acceptors (Lipinski definition) is 4. The fourth-order valence-electron chi connectivity index (χ4n) is 3.62. The fourth-order valence-corrected chi connectivity index (χ4v) is 3.62.